The highest BCUT2D eigenvalue weighted by atomic mass is 32.1. The second kappa shape index (κ2) is 5.86. The lowest BCUT2D eigenvalue weighted by Crippen LogP contribution is -2.34. The molecule has 3 aromatic rings. The van der Waals surface area contributed by atoms with Crippen LogP contribution in [0.4, 0.5) is 0 Å². The van der Waals surface area contributed by atoms with Gasteiger partial charge in [0.25, 0.3) is 0 Å². The van der Waals surface area contributed by atoms with Crippen molar-refractivity contribution < 1.29 is 0 Å². The molecule has 114 valence electrons. The molecule has 0 spiro atoms. The fraction of sp³-hybridized carbons (Fsp3) is 0.389. The Morgan fingerprint density at radius 2 is 2.23 bits per heavy atom. The Balaban J connectivity index is 1.51. The summed E-state index contributed by atoms with van der Waals surface area (Å²) in [5.41, 5.74) is 3.67. The third kappa shape index (κ3) is 2.69. The Hall–Kier alpha value is -1.65. The quantitative estimate of drug-likeness (QED) is 0.781. The fourth-order valence-electron chi connectivity index (χ4n) is 3.36. The molecule has 1 saturated heterocycles. The average molecular weight is 311 g/mol. The van der Waals surface area contributed by atoms with Crippen molar-refractivity contribution >= 4 is 22.4 Å². The summed E-state index contributed by atoms with van der Waals surface area (Å²) in [5.74, 6) is 1.69. The molecular formula is C18H21N3S. The molecule has 1 aromatic carbocycles. The van der Waals surface area contributed by atoms with E-state index in [2.05, 4.69) is 52.5 Å². The number of aromatic amines is 1. The topological polar surface area (TPSA) is 31.9 Å². The van der Waals surface area contributed by atoms with Crippen molar-refractivity contribution in [2.75, 3.05) is 13.1 Å². The lowest BCUT2D eigenvalue weighted by atomic mass is 9.97. The van der Waals surface area contributed by atoms with Gasteiger partial charge in [0, 0.05) is 23.9 Å². The SMILES string of the molecule is Cc1ccsc1CN1CCC[C@@H](c2nc3ccccc3[nH]2)C1. The molecule has 3 nitrogen and oxygen atoms in total. The number of hydrogen-bond donors (Lipinski definition) is 1. The molecule has 0 radical (unpaired) electrons. The maximum absolute atomic E-state index is 4.81. The van der Waals surface area contributed by atoms with Crippen LogP contribution in [0.3, 0.4) is 0 Å². The summed E-state index contributed by atoms with van der Waals surface area (Å²) in [5, 5.41) is 2.20. The van der Waals surface area contributed by atoms with E-state index in [9.17, 15) is 0 Å². The number of piperidine rings is 1. The average Bonchev–Trinajstić information content (AvgIpc) is 3.14. The van der Waals surface area contributed by atoms with E-state index in [0.29, 0.717) is 5.92 Å². The van der Waals surface area contributed by atoms with Gasteiger partial charge in [-0.15, -0.1) is 11.3 Å². The Morgan fingerprint density at radius 1 is 1.32 bits per heavy atom. The van der Waals surface area contributed by atoms with Gasteiger partial charge in [-0.3, -0.25) is 4.90 Å². The van der Waals surface area contributed by atoms with Crippen LogP contribution in [0.1, 0.15) is 35.0 Å². The molecule has 4 rings (SSSR count). The van der Waals surface area contributed by atoms with E-state index in [0.717, 1.165) is 29.9 Å². The van der Waals surface area contributed by atoms with Crippen molar-refractivity contribution in [2.24, 2.45) is 0 Å². The van der Waals surface area contributed by atoms with Crippen molar-refractivity contribution in [3.63, 3.8) is 0 Å². The number of aryl methyl sites for hydroxylation is 1. The first-order valence-corrected chi connectivity index (χ1v) is 8.87. The number of rotatable bonds is 3. The first kappa shape index (κ1) is 14.0. The van der Waals surface area contributed by atoms with Gasteiger partial charge in [-0.1, -0.05) is 12.1 Å². The molecule has 0 aliphatic carbocycles. The smallest absolute Gasteiger partial charge is 0.111 e. The number of benzene rings is 1. The van der Waals surface area contributed by atoms with Crippen LogP contribution < -0.4 is 0 Å². The zero-order valence-corrected chi connectivity index (χ0v) is 13.7. The summed E-state index contributed by atoms with van der Waals surface area (Å²) in [6.45, 7) is 5.61. The molecule has 1 N–H and O–H groups in total. The molecule has 3 heterocycles. The molecule has 0 saturated carbocycles. The Labute approximate surface area is 135 Å². The number of likely N-dealkylation sites (tertiary alicyclic amines) is 1. The minimum Gasteiger partial charge on any atom is -0.342 e. The zero-order valence-electron chi connectivity index (χ0n) is 12.9. The number of fused-ring (bicyclic) bond motifs is 1. The van der Waals surface area contributed by atoms with Gasteiger partial charge in [0.2, 0.25) is 0 Å². The first-order valence-electron chi connectivity index (χ1n) is 7.99. The van der Waals surface area contributed by atoms with Crippen molar-refractivity contribution in [2.45, 2.75) is 32.2 Å². The van der Waals surface area contributed by atoms with Crippen LogP contribution in [0.25, 0.3) is 11.0 Å². The zero-order chi connectivity index (χ0) is 14.9. The second-order valence-corrected chi connectivity index (χ2v) is 7.24. The molecule has 4 heteroatoms. The molecule has 0 bridgehead atoms. The molecule has 0 unspecified atom stereocenters. The third-order valence-corrected chi connectivity index (χ3v) is 5.64. The van der Waals surface area contributed by atoms with Crippen LogP contribution in [0.2, 0.25) is 0 Å². The van der Waals surface area contributed by atoms with E-state index in [1.54, 1.807) is 0 Å². The van der Waals surface area contributed by atoms with Gasteiger partial charge in [0.15, 0.2) is 0 Å². The lowest BCUT2D eigenvalue weighted by molar-refractivity contribution is 0.198. The third-order valence-electron chi connectivity index (χ3n) is 4.64. The number of nitrogens with zero attached hydrogens (tertiary/aromatic N) is 2. The summed E-state index contributed by atoms with van der Waals surface area (Å²) in [4.78, 5) is 12.4. The maximum atomic E-state index is 4.81. The number of para-hydroxylation sites is 2. The van der Waals surface area contributed by atoms with Crippen LogP contribution in [-0.4, -0.2) is 28.0 Å². The van der Waals surface area contributed by atoms with E-state index in [1.807, 2.05) is 11.3 Å². The Morgan fingerprint density at radius 3 is 3.05 bits per heavy atom. The van der Waals surface area contributed by atoms with Gasteiger partial charge in [-0.25, -0.2) is 4.98 Å². The molecule has 0 amide bonds. The normalized spacial score (nSPS) is 19.8. The minimum absolute atomic E-state index is 0.529. The van der Waals surface area contributed by atoms with Crippen LogP contribution in [-0.2, 0) is 6.54 Å². The number of thiophene rings is 1. The molecule has 22 heavy (non-hydrogen) atoms. The van der Waals surface area contributed by atoms with Gasteiger partial charge in [-0.2, -0.15) is 0 Å². The van der Waals surface area contributed by atoms with Gasteiger partial charge >= 0.3 is 0 Å². The highest BCUT2D eigenvalue weighted by Gasteiger charge is 2.24. The molecule has 1 fully saturated rings. The predicted octanol–water partition coefficient (Wildman–Crippen LogP) is 4.31. The van der Waals surface area contributed by atoms with Gasteiger partial charge < -0.3 is 4.98 Å². The number of nitrogens with one attached hydrogen (secondary N) is 1. The Bertz CT molecular complexity index is 740. The van der Waals surface area contributed by atoms with Crippen LogP contribution >= 0.6 is 11.3 Å². The predicted molar refractivity (Wildman–Crippen MR) is 92.4 cm³/mol. The molecule has 1 aliphatic rings. The van der Waals surface area contributed by atoms with E-state index in [1.165, 1.54) is 29.8 Å². The first-order chi connectivity index (χ1) is 10.8. The standard InChI is InChI=1S/C18H21N3S/c1-13-8-10-22-17(13)12-21-9-4-5-14(11-21)18-19-15-6-2-3-7-16(15)20-18/h2-3,6-8,10,14H,4-5,9,11-12H2,1H3,(H,19,20)/t14-/m1/s1. The maximum Gasteiger partial charge on any atom is 0.111 e. The van der Waals surface area contributed by atoms with E-state index in [-0.39, 0.29) is 0 Å². The number of hydrogen-bond acceptors (Lipinski definition) is 3. The van der Waals surface area contributed by atoms with Crippen LogP contribution in [0.5, 0.6) is 0 Å². The highest BCUT2D eigenvalue weighted by Crippen LogP contribution is 2.28. The van der Waals surface area contributed by atoms with Gasteiger partial charge in [0.1, 0.15) is 5.82 Å². The molecular weight excluding hydrogens is 290 g/mol. The summed E-state index contributed by atoms with van der Waals surface area (Å²) in [6, 6.07) is 10.5. The number of H-pyrrole nitrogens is 1. The molecule has 1 aliphatic heterocycles. The second-order valence-electron chi connectivity index (χ2n) is 6.24. The van der Waals surface area contributed by atoms with Crippen molar-refractivity contribution in [1.82, 2.24) is 14.9 Å². The summed E-state index contributed by atoms with van der Waals surface area (Å²) < 4.78 is 0. The number of aromatic nitrogens is 2. The monoisotopic (exact) mass is 311 g/mol. The van der Waals surface area contributed by atoms with Crippen LogP contribution in [0, 0.1) is 6.92 Å². The molecule has 1 atom stereocenters. The fourth-order valence-corrected chi connectivity index (χ4v) is 4.30. The van der Waals surface area contributed by atoms with Crippen LogP contribution in [0.15, 0.2) is 35.7 Å². The van der Waals surface area contributed by atoms with Crippen molar-refractivity contribution in [3.05, 3.63) is 52.0 Å². The van der Waals surface area contributed by atoms with Gasteiger partial charge in [0.05, 0.1) is 11.0 Å². The van der Waals surface area contributed by atoms with Crippen molar-refractivity contribution in [1.29, 1.82) is 0 Å². The Kier molecular flexibility index (Phi) is 3.72. The number of imidazole rings is 1. The largest absolute Gasteiger partial charge is 0.342 e. The van der Waals surface area contributed by atoms with E-state index < -0.39 is 0 Å². The highest BCUT2D eigenvalue weighted by molar-refractivity contribution is 7.10. The summed E-state index contributed by atoms with van der Waals surface area (Å²) in [6.07, 6.45) is 2.49. The summed E-state index contributed by atoms with van der Waals surface area (Å²) >= 11 is 1.88. The minimum atomic E-state index is 0.529. The van der Waals surface area contributed by atoms with Gasteiger partial charge in [-0.05, 0) is 55.5 Å². The van der Waals surface area contributed by atoms with E-state index in [4.69, 9.17) is 4.98 Å². The molecule has 2 aromatic heterocycles. The van der Waals surface area contributed by atoms with Crippen molar-refractivity contribution in [3.8, 4) is 0 Å². The van der Waals surface area contributed by atoms with E-state index >= 15 is 0 Å². The summed E-state index contributed by atoms with van der Waals surface area (Å²) in [7, 11) is 0. The lowest BCUT2D eigenvalue weighted by Gasteiger charge is -2.31.